The Balaban J connectivity index is 2.29. The van der Waals surface area contributed by atoms with Gasteiger partial charge in [0.2, 0.25) is 5.91 Å². The number of halogens is 1. The molecule has 4 nitrogen and oxygen atoms in total. The number of amides is 1. The second-order valence-electron chi connectivity index (χ2n) is 5.04. The van der Waals surface area contributed by atoms with Crippen molar-refractivity contribution in [3.8, 4) is 0 Å². The van der Waals surface area contributed by atoms with Crippen LogP contribution >= 0.6 is 0 Å². The average Bonchev–Trinajstić information content (AvgIpc) is 2.50. The van der Waals surface area contributed by atoms with Gasteiger partial charge in [0.25, 0.3) is 0 Å². The molecule has 0 bridgehead atoms. The summed E-state index contributed by atoms with van der Waals surface area (Å²) in [5.41, 5.74) is 7.15. The van der Waals surface area contributed by atoms with E-state index in [9.17, 15) is 14.3 Å². The first-order valence-corrected chi connectivity index (χ1v) is 7.05. The van der Waals surface area contributed by atoms with E-state index in [1.807, 2.05) is 30.3 Å². The summed E-state index contributed by atoms with van der Waals surface area (Å²) in [5.74, 6) is -0.903. The molecule has 3 N–H and O–H groups in total. The van der Waals surface area contributed by atoms with Crippen molar-refractivity contribution in [1.82, 2.24) is 4.90 Å². The topological polar surface area (TPSA) is 66.6 Å². The van der Waals surface area contributed by atoms with Gasteiger partial charge >= 0.3 is 0 Å². The average molecular weight is 302 g/mol. The van der Waals surface area contributed by atoms with Crippen LogP contribution in [0.1, 0.15) is 17.2 Å². The third-order valence-corrected chi connectivity index (χ3v) is 3.44. The van der Waals surface area contributed by atoms with Crippen molar-refractivity contribution in [2.24, 2.45) is 5.73 Å². The molecule has 0 aliphatic rings. The first-order valence-electron chi connectivity index (χ1n) is 7.05. The van der Waals surface area contributed by atoms with E-state index in [0.29, 0.717) is 18.7 Å². The molecule has 0 saturated heterocycles. The summed E-state index contributed by atoms with van der Waals surface area (Å²) < 4.78 is 13.1. The largest absolute Gasteiger partial charge is 0.395 e. The normalized spacial score (nSPS) is 12.3. The molecule has 0 aromatic heterocycles. The Hall–Kier alpha value is -2.24. The predicted octanol–water partition coefficient (Wildman–Crippen LogP) is 1.85. The second-order valence-corrected chi connectivity index (χ2v) is 5.04. The molecule has 0 heterocycles. The fraction of sp³-hybridized carbons (Fsp3) is 0.235. The summed E-state index contributed by atoms with van der Waals surface area (Å²) in [7, 11) is 0. The van der Waals surface area contributed by atoms with Gasteiger partial charge in [-0.05, 0) is 23.3 Å². The minimum Gasteiger partial charge on any atom is -0.395 e. The van der Waals surface area contributed by atoms with Gasteiger partial charge < -0.3 is 10.8 Å². The Labute approximate surface area is 129 Å². The van der Waals surface area contributed by atoms with Crippen LogP contribution in [0.5, 0.6) is 0 Å². The lowest BCUT2D eigenvalue weighted by Crippen LogP contribution is -2.39. The fourth-order valence-corrected chi connectivity index (χ4v) is 2.45. The van der Waals surface area contributed by atoms with Crippen LogP contribution in [0.25, 0.3) is 0 Å². The molecule has 0 spiro atoms. The summed E-state index contributed by atoms with van der Waals surface area (Å²) in [6.45, 7) is 0.657. The molecule has 0 unspecified atom stereocenters. The lowest BCUT2D eigenvalue weighted by molar-refractivity contribution is -0.123. The van der Waals surface area contributed by atoms with Crippen LogP contribution in [0.2, 0.25) is 0 Å². The number of primary amides is 1. The highest BCUT2D eigenvalue weighted by atomic mass is 19.1. The van der Waals surface area contributed by atoms with Crippen molar-refractivity contribution in [3.05, 3.63) is 71.5 Å². The van der Waals surface area contributed by atoms with E-state index in [4.69, 9.17) is 5.73 Å². The molecule has 2 aromatic carbocycles. The quantitative estimate of drug-likeness (QED) is 0.820. The first-order chi connectivity index (χ1) is 10.6. The van der Waals surface area contributed by atoms with Crippen molar-refractivity contribution >= 4 is 5.91 Å². The Kier molecular flexibility index (Phi) is 5.63. The zero-order chi connectivity index (χ0) is 15.9. The summed E-state index contributed by atoms with van der Waals surface area (Å²) in [4.78, 5) is 13.7. The summed E-state index contributed by atoms with van der Waals surface area (Å²) in [5, 5.41) is 9.28. The molecule has 5 heteroatoms. The van der Waals surface area contributed by atoms with Crippen LogP contribution in [-0.4, -0.2) is 29.1 Å². The van der Waals surface area contributed by atoms with Crippen LogP contribution in [-0.2, 0) is 11.3 Å². The summed E-state index contributed by atoms with van der Waals surface area (Å²) in [6, 6.07) is 14.6. The van der Waals surface area contributed by atoms with Crippen molar-refractivity contribution in [2.45, 2.75) is 12.6 Å². The maximum Gasteiger partial charge on any atom is 0.239 e. The van der Waals surface area contributed by atoms with E-state index >= 15 is 0 Å². The lowest BCUT2D eigenvalue weighted by Gasteiger charge is -2.29. The zero-order valence-corrected chi connectivity index (χ0v) is 12.2. The molecule has 0 aliphatic heterocycles. The molecule has 2 rings (SSSR count). The van der Waals surface area contributed by atoms with Crippen LogP contribution < -0.4 is 5.73 Å². The van der Waals surface area contributed by atoms with Gasteiger partial charge in [0.15, 0.2) is 0 Å². The van der Waals surface area contributed by atoms with E-state index in [1.165, 1.54) is 12.1 Å². The Morgan fingerprint density at radius 2 is 1.77 bits per heavy atom. The number of aliphatic hydroxyl groups is 1. The number of carbonyl (C=O) groups is 1. The minimum atomic E-state index is -0.715. The molecule has 2 aromatic rings. The summed E-state index contributed by atoms with van der Waals surface area (Å²) in [6.07, 6.45) is 0. The van der Waals surface area contributed by atoms with Gasteiger partial charge in [0.05, 0.1) is 6.61 Å². The third kappa shape index (κ3) is 4.13. The van der Waals surface area contributed by atoms with Gasteiger partial charge in [0, 0.05) is 13.1 Å². The molecular formula is C17H19FN2O2. The van der Waals surface area contributed by atoms with Gasteiger partial charge in [-0.25, -0.2) is 4.39 Å². The van der Waals surface area contributed by atoms with Crippen molar-refractivity contribution < 1.29 is 14.3 Å². The highest BCUT2D eigenvalue weighted by molar-refractivity contribution is 5.81. The van der Waals surface area contributed by atoms with Crippen LogP contribution in [0, 0.1) is 5.82 Å². The van der Waals surface area contributed by atoms with Crippen molar-refractivity contribution in [2.75, 3.05) is 13.2 Å². The number of hydrogen-bond donors (Lipinski definition) is 2. The molecule has 0 fully saturated rings. The van der Waals surface area contributed by atoms with Crippen LogP contribution in [0.3, 0.4) is 0 Å². The molecule has 22 heavy (non-hydrogen) atoms. The molecule has 0 radical (unpaired) electrons. The molecule has 0 aliphatic carbocycles. The highest BCUT2D eigenvalue weighted by Gasteiger charge is 2.25. The molecule has 1 atom stereocenters. The van der Waals surface area contributed by atoms with E-state index in [0.717, 1.165) is 5.56 Å². The highest BCUT2D eigenvalue weighted by Crippen LogP contribution is 2.23. The standard InChI is InChI=1S/C17H19FN2O2/c18-15-8-6-14(7-9-15)16(17(19)22)20(10-11-21)12-13-4-2-1-3-5-13/h1-9,16,21H,10-12H2,(H2,19,22)/t16-/m0/s1. The molecule has 116 valence electrons. The predicted molar refractivity (Wildman–Crippen MR) is 82.3 cm³/mol. The van der Waals surface area contributed by atoms with Gasteiger partial charge in [-0.15, -0.1) is 0 Å². The van der Waals surface area contributed by atoms with E-state index < -0.39 is 11.9 Å². The first kappa shape index (κ1) is 16.1. The smallest absolute Gasteiger partial charge is 0.239 e. The number of benzene rings is 2. The molecule has 1 amide bonds. The number of carbonyl (C=O) groups excluding carboxylic acids is 1. The molecule has 0 saturated carbocycles. The monoisotopic (exact) mass is 302 g/mol. The van der Waals surface area contributed by atoms with E-state index in [1.54, 1.807) is 17.0 Å². The summed E-state index contributed by atoms with van der Waals surface area (Å²) >= 11 is 0. The maximum absolute atomic E-state index is 13.1. The Morgan fingerprint density at radius 3 is 2.32 bits per heavy atom. The van der Waals surface area contributed by atoms with Crippen LogP contribution in [0.15, 0.2) is 54.6 Å². The van der Waals surface area contributed by atoms with E-state index in [-0.39, 0.29) is 12.4 Å². The number of rotatable bonds is 7. The maximum atomic E-state index is 13.1. The second kappa shape index (κ2) is 7.68. The van der Waals surface area contributed by atoms with Gasteiger partial charge in [0.1, 0.15) is 11.9 Å². The zero-order valence-electron chi connectivity index (χ0n) is 12.2. The van der Waals surface area contributed by atoms with Gasteiger partial charge in [-0.1, -0.05) is 42.5 Å². The number of nitrogens with zero attached hydrogens (tertiary/aromatic N) is 1. The Bertz CT molecular complexity index is 602. The van der Waals surface area contributed by atoms with Crippen LogP contribution in [0.4, 0.5) is 4.39 Å². The molecular weight excluding hydrogens is 283 g/mol. The van der Waals surface area contributed by atoms with E-state index in [2.05, 4.69) is 0 Å². The van der Waals surface area contributed by atoms with Gasteiger partial charge in [-0.2, -0.15) is 0 Å². The fourth-order valence-electron chi connectivity index (χ4n) is 2.45. The third-order valence-electron chi connectivity index (χ3n) is 3.44. The lowest BCUT2D eigenvalue weighted by atomic mass is 10.0. The van der Waals surface area contributed by atoms with Crippen molar-refractivity contribution in [3.63, 3.8) is 0 Å². The number of aliphatic hydroxyl groups excluding tert-OH is 1. The number of hydrogen-bond acceptors (Lipinski definition) is 3. The van der Waals surface area contributed by atoms with Crippen molar-refractivity contribution in [1.29, 1.82) is 0 Å². The SMILES string of the molecule is NC(=O)[C@H](c1ccc(F)cc1)N(CCO)Cc1ccccc1. The van der Waals surface area contributed by atoms with Gasteiger partial charge in [-0.3, -0.25) is 9.69 Å². The Morgan fingerprint density at radius 1 is 1.14 bits per heavy atom. The minimum absolute atomic E-state index is 0.0994. The number of nitrogens with two attached hydrogens (primary N) is 1.